The molecule has 0 aromatic carbocycles. The normalized spacial score (nSPS) is 26.5. The number of ether oxygens (including phenoxy) is 1. The van der Waals surface area contributed by atoms with E-state index in [1.807, 2.05) is 11.8 Å². The standard InChI is InChI=1S/C16H28N2O3/c1-11(2)9-13-14(19)18(12(3)10-21-4)16(15(20)17-13)7-5-6-8-16/h11-13H,5-10H2,1-4H3,(H,17,20). The molecule has 5 heteroatoms. The lowest BCUT2D eigenvalue weighted by Gasteiger charge is -2.49. The van der Waals surface area contributed by atoms with Crippen LogP contribution in [0.4, 0.5) is 0 Å². The molecule has 2 rings (SSSR count). The van der Waals surface area contributed by atoms with Crippen molar-refractivity contribution in [3.63, 3.8) is 0 Å². The molecule has 1 saturated heterocycles. The van der Waals surface area contributed by atoms with Gasteiger partial charge in [-0.3, -0.25) is 9.59 Å². The Morgan fingerprint density at radius 3 is 2.43 bits per heavy atom. The number of hydrogen-bond donors (Lipinski definition) is 1. The van der Waals surface area contributed by atoms with E-state index < -0.39 is 5.54 Å². The molecule has 2 fully saturated rings. The maximum Gasteiger partial charge on any atom is 0.246 e. The Bertz CT molecular complexity index is 402. The average molecular weight is 296 g/mol. The topological polar surface area (TPSA) is 58.6 Å². The molecule has 1 heterocycles. The molecule has 2 amide bonds. The number of rotatable bonds is 5. The van der Waals surface area contributed by atoms with Crippen molar-refractivity contribution < 1.29 is 14.3 Å². The lowest BCUT2D eigenvalue weighted by molar-refractivity contribution is -0.162. The van der Waals surface area contributed by atoms with Crippen LogP contribution in [0.5, 0.6) is 0 Å². The zero-order chi connectivity index (χ0) is 15.6. The summed E-state index contributed by atoms with van der Waals surface area (Å²) in [5, 5.41) is 2.99. The highest BCUT2D eigenvalue weighted by molar-refractivity contribution is 6.00. The second-order valence-electron chi connectivity index (χ2n) is 6.91. The van der Waals surface area contributed by atoms with Crippen molar-refractivity contribution in [1.29, 1.82) is 0 Å². The van der Waals surface area contributed by atoms with Crippen LogP contribution in [-0.2, 0) is 14.3 Å². The van der Waals surface area contributed by atoms with E-state index in [-0.39, 0.29) is 23.9 Å². The molecule has 1 saturated carbocycles. The fourth-order valence-electron chi connectivity index (χ4n) is 3.86. The molecule has 0 bridgehead atoms. The minimum absolute atomic E-state index is 0.0354. The predicted octanol–water partition coefficient (Wildman–Crippen LogP) is 1.71. The van der Waals surface area contributed by atoms with Gasteiger partial charge in [0.15, 0.2) is 0 Å². The number of hydrogen-bond acceptors (Lipinski definition) is 3. The summed E-state index contributed by atoms with van der Waals surface area (Å²) in [7, 11) is 1.64. The monoisotopic (exact) mass is 296 g/mol. The van der Waals surface area contributed by atoms with E-state index >= 15 is 0 Å². The molecule has 0 radical (unpaired) electrons. The molecule has 2 aliphatic rings. The van der Waals surface area contributed by atoms with Crippen LogP contribution in [-0.4, -0.2) is 48.1 Å². The van der Waals surface area contributed by atoms with Crippen molar-refractivity contribution in [3.8, 4) is 0 Å². The number of nitrogens with one attached hydrogen (secondary N) is 1. The first kappa shape index (κ1) is 16.3. The smallest absolute Gasteiger partial charge is 0.246 e. The van der Waals surface area contributed by atoms with Crippen LogP contribution in [0.2, 0.25) is 0 Å². The minimum atomic E-state index is -0.636. The Hall–Kier alpha value is -1.10. The highest BCUT2D eigenvalue weighted by atomic mass is 16.5. The lowest BCUT2D eigenvalue weighted by Crippen LogP contribution is -2.72. The first-order valence-corrected chi connectivity index (χ1v) is 8.05. The summed E-state index contributed by atoms with van der Waals surface area (Å²) in [5.74, 6) is 0.472. The van der Waals surface area contributed by atoms with E-state index in [9.17, 15) is 9.59 Å². The maximum atomic E-state index is 12.9. The van der Waals surface area contributed by atoms with Crippen molar-refractivity contribution in [1.82, 2.24) is 10.2 Å². The van der Waals surface area contributed by atoms with E-state index in [0.717, 1.165) is 25.7 Å². The van der Waals surface area contributed by atoms with Crippen LogP contribution in [0.3, 0.4) is 0 Å². The summed E-state index contributed by atoms with van der Waals surface area (Å²) in [4.78, 5) is 27.5. The molecule has 0 aromatic rings. The SMILES string of the molecule is COCC(C)N1C(=O)C(CC(C)C)NC(=O)C12CCCC2. The average Bonchev–Trinajstić information content (AvgIpc) is 2.86. The summed E-state index contributed by atoms with van der Waals surface area (Å²) in [6.45, 7) is 6.59. The molecule has 1 aliphatic carbocycles. The molecule has 1 spiro atoms. The van der Waals surface area contributed by atoms with Gasteiger partial charge < -0.3 is 15.0 Å². The van der Waals surface area contributed by atoms with Gasteiger partial charge in [-0.1, -0.05) is 26.7 Å². The summed E-state index contributed by atoms with van der Waals surface area (Å²) >= 11 is 0. The summed E-state index contributed by atoms with van der Waals surface area (Å²) < 4.78 is 5.23. The summed E-state index contributed by atoms with van der Waals surface area (Å²) in [5.41, 5.74) is -0.636. The highest BCUT2D eigenvalue weighted by Crippen LogP contribution is 2.40. The predicted molar refractivity (Wildman–Crippen MR) is 80.8 cm³/mol. The molecular weight excluding hydrogens is 268 g/mol. The largest absolute Gasteiger partial charge is 0.383 e. The molecule has 0 aromatic heterocycles. The highest BCUT2D eigenvalue weighted by Gasteiger charge is 2.55. The van der Waals surface area contributed by atoms with E-state index in [1.165, 1.54) is 0 Å². The van der Waals surface area contributed by atoms with Gasteiger partial charge in [0.05, 0.1) is 12.6 Å². The molecule has 1 aliphatic heterocycles. The van der Waals surface area contributed by atoms with Gasteiger partial charge >= 0.3 is 0 Å². The molecule has 2 atom stereocenters. The quantitative estimate of drug-likeness (QED) is 0.840. The van der Waals surface area contributed by atoms with Crippen molar-refractivity contribution >= 4 is 11.8 Å². The second-order valence-corrected chi connectivity index (χ2v) is 6.91. The van der Waals surface area contributed by atoms with Gasteiger partial charge in [-0.15, -0.1) is 0 Å². The lowest BCUT2D eigenvalue weighted by atomic mass is 9.86. The van der Waals surface area contributed by atoms with Crippen molar-refractivity contribution in [2.45, 2.75) is 70.5 Å². The van der Waals surface area contributed by atoms with Crippen molar-refractivity contribution in [3.05, 3.63) is 0 Å². The first-order valence-electron chi connectivity index (χ1n) is 8.05. The second kappa shape index (κ2) is 6.34. The summed E-state index contributed by atoms with van der Waals surface area (Å²) in [6.07, 6.45) is 4.24. The molecular formula is C16H28N2O3. The number of amides is 2. The number of carbonyl (C=O) groups excluding carboxylic acids is 2. The Kier molecular flexibility index (Phi) is 4.91. The maximum absolute atomic E-state index is 12.9. The first-order chi connectivity index (χ1) is 9.92. The van der Waals surface area contributed by atoms with Crippen LogP contribution in [0.25, 0.3) is 0 Å². The number of nitrogens with zero attached hydrogens (tertiary/aromatic N) is 1. The minimum Gasteiger partial charge on any atom is -0.383 e. The number of methoxy groups -OCH3 is 1. The Labute approximate surface area is 127 Å². The van der Waals surface area contributed by atoms with Crippen molar-refractivity contribution in [2.24, 2.45) is 5.92 Å². The molecule has 2 unspecified atom stereocenters. The van der Waals surface area contributed by atoms with E-state index in [1.54, 1.807) is 7.11 Å². The molecule has 120 valence electrons. The van der Waals surface area contributed by atoms with E-state index in [4.69, 9.17) is 4.74 Å². The van der Waals surface area contributed by atoms with Crippen LogP contribution in [0, 0.1) is 5.92 Å². The Morgan fingerprint density at radius 2 is 1.90 bits per heavy atom. The third kappa shape index (κ3) is 2.93. The summed E-state index contributed by atoms with van der Waals surface area (Å²) in [6, 6.07) is -0.454. The third-order valence-electron chi connectivity index (χ3n) is 4.71. The van der Waals surface area contributed by atoms with Gasteiger partial charge in [0.25, 0.3) is 0 Å². The number of carbonyl (C=O) groups is 2. The third-order valence-corrected chi connectivity index (χ3v) is 4.71. The van der Waals surface area contributed by atoms with Crippen LogP contribution in [0.1, 0.15) is 52.9 Å². The van der Waals surface area contributed by atoms with E-state index in [0.29, 0.717) is 18.9 Å². The van der Waals surface area contributed by atoms with Gasteiger partial charge in [0, 0.05) is 7.11 Å². The molecule has 1 N–H and O–H groups in total. The van der Waals surface area contributed by atoms with Gasteiger partial charge in [-0.05, 0) is 32.1 Å². The number of piperazine rings is 1. The van der Waals surface area contributed by atoms with Crippen LogP contribution >= 0.6 is 0 Å². The Balaban J connectivity index is 2.30. The van der Waals surface area contributed by atoms with Gasteiger partial charge in [-0.25, -0.2) is 0 Å². The van der Waals surface area contributed by atoms with Gasteiger partial charge in [0.2, 0.25) is 11.8 Å². The fourth-order valence-corrected chi connectivity index (χ4v) is 3.86. The van der Waals surface area contributed by atoms with E-state index in [2.05, 4.69) is 19.2 Å². The molecule has 5 nitrogen and oxygen atoms in total. The Morgan fingerprint density at radius 1 is 1.29 bits per heavy atom. The van der Waals surface area contributed by atoms with Crippen molar-refractivity contribution in [2.75, 3.05) is 13.7 Å². The van der Waals surface area contributed by atoms with Gasteiger partial charge in [-0.2, -0.15) is 0 Å². The van der Waals surface area contributed by atoms with Gasteiger partial charge in [0.1, 0.15) is 11.6 Å². The van der Waals surface area contributed by atoms with Crippen LogP contribution in [0.15, 0.2) is 0 Å². The van der Waals surface area contributed by atoms with Crippen LogP contribution < -0.4 is 5.32 Å². The molecule has 21 heavy (non-hydrogen) atoms. The zero-order valence-electron chi connectivity index (χ0n) is 13.6. The zero-order valence-corrected chi connectivity index (χ0v) is 13.6. The fraction of sp³-hybridized carbons (Fsp3) is 0.875.